The molecule has 112 valence electrons. The molecule has 4 nitrogen and oxygen atoms in total. The van der Waals surface area contributed by atoms with Crippen LogP contribution in [0.15, 0.2) is 12.4 Å². The van der Waals surface area contributed by atoms with Crippen molar-refractivity contribution in [2.75, 3.05) is 31.6 Å². The van der Waals surface area contributed by atoms with Gasteiger partial charge in [0.1, 0.15) is 0 Å². The Morgan fingerprint density at radius 3 is 2.70 bits per heavy atom. The molecule has 0 unspecified atom stereocenters. The summed E-state index contributed by atoms with van der Waals surface area (Å²) in [4.78, 5) is 7.01. The zero-order valence-corrected chi connectivity index (χ0v) is 12.7. The predicted molar refractivity (Wildman–Crippen MR) is 83.2 cm³/mol. The van der Waals surface area contributed by atoms with E-state index in [0.29, 0.717) is 6.04 Å². The fraction of sp³-hybridized carbons (Fsp3) is 0.812. The van der Waals surface area contributed by atoms with Crippen molar-refractivity contribution in [2.45, 2.75) is 51.0 Å². The van der Waals surface area contributed by atoms with Gasteiger partial charge in [0.2, 0.25) is 5.95 Å². The number of nitrogens with zero attached hydrogens (tertiary/aromatic N) is 3. The molecule has 0 amide bonds. The highest BCUT2D eigenvalue weighted by atomic mass is 15.3. The summed E-state index contributed by atoms with van der Waals surface area (Å²) in [5, 5.41) is 3.45. The van der Waals surface area contributed by atoms with Gasteiger partial charge in [-0.05, 0) is 44.7 Å². The van der Waals surface area contributed by atoms with Crippen molar-refractivity contribution in [1.29, 1.82) is 0 Å². The first kappa shape index (κ1) is 13.9. The number of aromatic nitrogens is 2. The molecule has 0 radical (unpaired) electrons. The van der Waals surface area contributed by atoms with Crippen LogP contribution in [-0.2, 0) is 0 Å². The normalized spacial score (nSPS) is 22.1. The van der Waals surface area contributed by atoms with E-state index < -0.39 is 0 Å². The molecule has 4 heteroatoms. The van der Waals surface area contributed by atoms with Crippen molar-refractivity contribution in [3.05, 3.63) is 12.4 Å². The van der Waals surface area contributed by atoms with Crippen molar-refractivity contribution in [2.24, 2.45) is 5.92 Å². The number of imidazole rings is 1. The number of anilines is 1. The van der Waals surface area contributed by atoms with E-state index in [1.807, 2.05) is 6.20 Å². The molecule has 1 N–H and O–H groups in total. The number of hydrogen-bond donors (Lipinski definition) is 1. The van der Waals surface area contributed by atoms with E-state index in [2.05, 4.69) is 33.0 Å². The summed E-state index contributed by atoms with van der Waals surface area (Å²) < 4.78 is 2.43. The van der Waals surface area contributed by atoms with Gasteiger partial charge < -0.3 is 14.8 Å². The molecule has 1 saturated heterocycles. The Kier molecular flexibility index (Phi) is 4.61. The van der Waals surface area contributed by atoms with Crippen LogP contribution in [0.4, 0.5) is 5.95 Å². The first-order valence-corrected chi connectivity index (χ1v) is 8.29. The number of piperidine rings is 1. The Labute approximate surface area is 122 Å². The van der Waals surface area contributed by atoms with E-state index in [9.17, 15) is 0 Å². The molecule has 1 aliphatic heterocycles. The van der Waals surface area contributed by atoms with E-state index >= 15 is 0 Å². The molecule has 3 rings (SSSR count). The molecule has 1 aromatic heterocycles. The molecule has 0 aromatic carbocycles. The van der Waals surface area contributed by atoms with Crippen LogP contribution in [0.2, 0.25) is 0 Å². The first-order chi connectivity index (χ1) is 9.84. The minimum Gasteiger partial charge on any atom is -0.345 e. The lowest BCUT2D eigenvalue weighted by Crippen LogP contribution is -2.35. The second kappa shape index (κ2) is 6.61. The van der Waals surface area contributed by atoms with Gasteiger partial charge in [0.15, 0.2) is 0 Å². The molecule has 0 spiro atoms. The van der Waals surface area contributed by atoms with Gasteiger partial charge in [-0.3, -0.25) is 0 Å². The zero-order chi connectivity index (χ0) is 13.8. The van der Waals surface area contributed by atoms with Crippen molar-refractivity contribution in [1.82, 2.24) is 14.9 Å². The molecular formula is C16H28N4. The topological polar surface area (TPSA) is 33.1 Å². The predicted octanol–water partition coefficient (Wildman–Crippen LogP) is 2.82. The van der Waals surface area contributed by atoms with Gasteiger partial charge in [-0.15, -0.1) is 0 Å². The molecular weight excluding hydrogens is 248 g/mol. The minimum absolute atomic E-state index is 0.678. The molecule has 1 aromatic rings. The summed E-state index contributed by atoms with van der Waals surface area (Å²) >= 11 is 0. The Hall–Kier alpha value is -1.03. The van der Waals surface area contributed by atoms with Crippen molar-refractivity contribution in [3.63, 3.8) is 0 Å². The van der Waals surface area contributed by atoms with Gasteiger partial charge in [-0.1, -0.05) is 19.3 Å². The van der Waals surface area contributed by atoms with E-state index in [0.717, 1.165) is 12.5 Å². The van der Waals surface area contributed by atoms with Crippen molar-refractivity contribution in [3.8, 4) is 0 Å². The molecule has 2 fully saturated rings. The summed E-state index contributed by atoms with van der Waals surface area (Å²) in [5.41, 5.74) is 0. The highest BCUT2D eigenvalue weighted by molar-refractivity contribution is 5.30. The van der Waals surface area contributed by atoms with Crippen molar-refractivity contribution < 1.29 is 0 Å². The van der Waals surface area contributed by atoms with Gasteiger partial charge in [-0.25, -0.2) is 4.98 Å². The average Bonchev–Trinajstić information content (AvgIpc) is 2.99. The zero-order valence-electron chi connectivity index (χ0n) is 12.7. The van der Waals surface area contributed by atoms with Crippen LogP contribution in [0.1, 0.15) is 51.0 Å². The monoisotopic (exact) mass is 276 g/mol. The second-order valence-corrected chi connectivity index (χ2v) is 6.50. The van der Waals surface area contributed by atoms with E-state index in [4.69, 9.17) is 0 Å². The van der Waals surface area contributed by atoms with Crippen LogP contribution in [0, 0.1) is 5.92 Å². The molecule has 2 heterocycles. The lowest BCUT2D eigenvalue weighted by molar-refractivity contribution is 0.347. The quantitative estimate of drug-likeness (QED) is 0.918. The lowest BCUT2D eigenvalue weighted by atomic mass is 9.95. The maximum atomic E-state index is 4.63. The Morgan fingerprint density at radius 1 is 1.20 bits per heavy atom. The molecule has 0 atom stereocenters. The number of hydrogen-bond acceptors (Lipinski definition) is 3. The SMILES string of the molecule is CN(CC1CCNCC1)c1nccn1C1CCCCC1. The lowest BCUT2D eigenvalue weighted by Gasteiger charge is -2.31. The Balaban J connectivity index is 1.64. The van der Waals surface area contributed by atoms with Crippen LogP contribution >= 0.6 is 0 Å². The average molecular weight is 276 g/mol. The second-order valence-electron chi connectivity index (χ2n) is 6.50. The maximum Gasteiger partial charge on any atom is 0.205 e. The molecule has 0 bridgehead atoms. The molecule has 20 heavy (non-hydrogen) atoms. The van der Waals surface area contributed by atoms with Gasteiger partial charge >= 0.3 is 0 Å². The third-order valence-corrected chi connectivity index (χ3v) is 4.95. The summed E-state index contributed by atoms with van der Waals surface area (Å²) in [6, 6.07) is 0.678. The Morgan fingerprint density at radius 2 is 1.95 bits per heavy atom. The summed E-state index contributed by atoms with van der Waals surface area (Å²) in [6.45, 7) is 3.50. The largest absolute Gasteiger partial charge is 0.345 e. The standard InChI is InChI=1S/C16H28N4/c1-19(13-14-7-9-17-10-8-14)16-18-11-12-20(16)15-5-3-2-4-6-15/h11-12,14-15,17H,2-10,13H2,1H3. The molecule has 2 aliphatic rings. The van der Waals surface area contributed by atoms with Crippen LogP contribution in [0.5, 0.6) is 0 Å². The van der Waals surface area contributed by atoms with Gasteiger partial charge in [0, 0.05) is 32.0 Å². The van der Waals surface area contributed by atoms with E-state index in [-0.39, 0.29) is 0 Å². The smallest absolute Gasteiger partial charge is 0.205 e. The molecule has 1 aliphatic carbocycles. The van der Waals surface area contributed by atoms with Crippen LogP contribution in [0.25, 0.3) is 0 Å². The third kappa shape index (κ3) is 3.17. The summed E-state index contributed by atoms with van der Waals surface area (Å²) in [7, 11) is 2.21. The summed E-state index contributed by atoms with van der Waals surface area (Å²) in [5.74, 6) is 1.99. The number of rotatable bonds is 4. The van der Waals surface area contributed by atoms with Crippen LogP contribution < -0.4 is 10.2 Å². The van der Waals surface area contributed by atoms with Crippen molar-refractivity contribution >= 4 is 5.95 Å². The Bertz CT molecular complexity index is 402. The van der Waals surface area contributed by atoms with E-state index in [1.54, 1.807) is 0 Å². The number of nitrogens with one attached hydrogen (secondary N) is 1. The van der Waals surface area contributed by atoms with Gasteiger partial charge in [0.25, 0.3) is 0 Å². The molecule has 1 saturated carbocycles. The fourth-order valence-electron chi connectivity index (χ4n) is 3.78. The highest BCUT2D eigenvalue weighted by Crippen LogP contribution is 2.31. The summed E-state index contributed by atoms with van der Waals surface area (Å²) in [6.07, 6.45) is 13.6. The van der Waals surface area contributed by atoms with Crippen LogP contribution in [-0.4, -0.2) is 36.2 Å². The van der Waals surface area contributed by atoms with Crippen LogP contribution in [0.3, 0.4) is 0 Å². The van der Waals surface area contributed by atoms with Gasteiger partial charge in [-0.2, -0.15) is 0 Å². The maximum absolute atomic E-state index is 4.63. The van der Waals surface area contributed by atoms with E-state index in [1.165, 1.54) is 64.0 Å². The highest BCUT2D eigenvalue weighted by Gasteiger charge is 2.21. The fourth-order valence-corrected chi connectivity index (χ4v) is 3.78. The van der Waals surface area contributed by atoms with Gasteiger partial charge in [0.05, 0.1) is 0 Å². The minimum atomic E-state index is 0.678. The third-order valence-electron chi connectivity index (χ3n) is 4.95. The first-order valence-electron chi connectivity index (χ1n) is 8.29.